The maximum atomic E-state index is 13.3. The molecule has 5 rings (SSSR count). The summed E-state index contributed by atoms with van der Waals surface area (Å²) in [7, 11) is 0. The van der Waals surface area contributed by atoms with Crippen molar-refractivity contribution in [2.24, 2.45) is 0 Å². The summed E-state index contributed by atoms with van der Waals surface area (Å²) in [5, 5.41) is 0. The number of benzene rings is 2. The zero-order valence-electron chi connectivity index (χ0n) is 17.9. The standard InChI is InChI=1S/C26H22N4O3/c31-24(14-8-16-29-25(32)21-11-4-5-12-22(21)26(29)33)30(19-9-2-1-3-10-19)18-20-17-27-23-13-6-7-15-28(20)23/h1-7,9-13,15,17H,8,14,16,18H2. The highest BCUT2D eigenvalue weighted by Crippen LogP contribution is 2.24. The Balaban J connectivity index is 1.30. The summed E-state index contributed by atoms with van der Waals surface area (Å²) < 4.78 is 1.96. The molecule has 7 nitrogen and oxygen atoms in total. The van der Waals surface area contributed by atoms with E-state index in [0.717, 1.165) is 17.0 Å². The normalized spacial score (nSPS) is 12.9. The molecule has 1 aliphatic heterocycles. The number of fused-ring (bicyclic) bond motifs is 2. The number of pyridine rings is 1. The third kappa shape index (κ3) is 3.89. The molecule has 164 valence electrons. The molecule has 0 N–H and O–H groups in total. The minimum absolute atomic E-state index is 0.0799. The van der Waals surface area contributed by atoms with E-state index in [0.29, 0.717) is 24.1 Å². The Morgan fingerprint density at radius 1 is 0.848 bits per heavy atom. The average Bonchev–Trinajstić information content (AvgIpc) is 3.37. The Labute approximate surface area is 190 Å². The van der Waals surface area contributed by atoms with E-state index in [1.54, 1.807) is 35.4 Å². The fourth-order valence-electron chi connectivity index (χ4n) is 4.16. The summed E-state index contributed by atoms with van der Waals surface area (Å²) in [6, 6.07) is 22.1. The van der Waals surface area contributed by atoms with Gasteiger partial charge in [-0.3, -0.25) is 19.3 Å². The molecule has 4 aromatic rings. The van der Waals surface area contributed by atoms with Gasteiger partial charge < -0.3 is 9.30 Å². The van der Waals surface area contributed by atoms with Gasteiger partial charge in [0.1, 0.15) is 5.65 Å². The van der Waals surface area contributed by atoms with Gasteiger partial charge >= 0.3 is 0 Å². The van der Waals surface area contributed by atoms with Gasteiger partial charge in [0.15, 0.2) is 0 Å². The zero-order chi connectivity index (χ0) is 22.8. The van der Waals surface area contributed by atoms with E-state index in [2.05, 4.69) is 4.98 Å². The number of anilines is 1. The van der Waals surface area contributed by atoms with Crippen molar-refractivity contribution in [2.75, 3.05) is 11.4 Å². The molecular weight excluding hydrogens is 416 g/mol. The first-order valence-electron chi connectivity index (χ1n) is 10.8. The van der Waals surface area contributed by atoms with Crippen LogP contribution in [-0.4, -0.2) is 38.6 Å². The number of carbonyl (C=O) groups excluding carboxylic acids is 3. The lowest BCUT2D eigenvalue weighted by atomic mass is 10.1. The Morgan fingerprint density at radius 3 is 2.24 bits per heavy atom. The highest BCUT2D eigenvalue weighted by molar-refractivity contribution is 6.21. The summed E-state index contributed by atoms with van der Waals surface area (Å²) in [5.74, 6) is -0.675. The van der Waals surface area contributed by atoms with Crippen molar-refractivity contribution >= 4 is 29.1 Å². The van der Waals surface area contributed by atoms with Crippen molar-refractivity contribution in [3.05, 3.63) is 102 Å². The average molecular weight is 438 g/mol. The van der Waals surface area contributed by atoms with Crippen LogP contribution in [0.2, 0.25) is 0 Å². The van der Waals surface area contributed by atoms with Crippen LogP contribution in [0.15, 0.2) is 85.2 Å². The number of nitrogens with zero attached hydrogens (tertiary/aromatic N) is 4. The summed E-state index contributed by atoms with van der Waals surface area (Å²) >= 11 is 0. The van der Waals surface area contributed by atoms with Crippen LogP contribution in [0.25, 0.3) is 5.65 Å². The number of rotatable bonds is 7. The summed E-state index contributed by atoms with van der Waals surface area (Å²) in [6.45, 7) is 0.567. The lowest BCUT2D eigenvalue weighted by molar-refractivity contribution is -0.118. The molecule has 0 saturated heterocycles. The maximum Gasteiger partial charge on any atom is 0.261 e. The molecule has 2 aromatic heterocycles. The topological polar surface area (TPSA) is 75.0 Å². The smallest absolute Gasteiger partial charge is 0.261 e. The Kier molecular flexibility index (Phi) is 5.44. The van der Waals surface area contributed by atoms with E-state index in [1.165, 1.54) is 4.90 Å². The molecule has 0 atom stereocenters. The molecule has 7 heteroatoms. The molecule has 3 heterocycles. The van der Waals surface area contributed by atoms with Gasteiger partial charge in [0, 0.05) is 24.8 Å². The summed E-state index contributed by atoms with van der Waals surface area (Å²) in [4.78, 5) is 45.8. The SMILES string of the molecule is O=C1c2ccccc2C(=O)N1CCCC(=O)N(Cc1cnc2ccccn12)c1ccccc1. The predicted octanol–water partition coefficient (Wildman–Crippen LogP) is 3.94. The number of amides is 3. The van der Waals surface area contributed by atoms with E-state index in [9.17, 15) is 14.4 Å². The molecule has 0 saturated carbocycles. The van der Waals surface area contributed by atoms with Crippen molar-refractivity contribution in [3.8, 4) is 0 Å². The van der Waals surface area contributed by atoms with E-state index in [4.69, 9.17) is 0 Å². The molecule has 3 amide bonds. The number of carbonyl (C=O) groups is 3. The monoisotopic (exact) mass is 438 g/mol. The number of imide groups is 1. The number of aromatic nitrogens is 2. The van der Waals surface area contributed by atoms with Crippen molar-refractivity contribution < 1.29 is 14.4 Å². The highest BCUT2D eigenvalue weighted by Gasteiger charge is 2.34. The van der Waals surface area contributed by atoms with Crippen molar-refractivity contribution in [1.82, 2.24) is 14.3 Å². The zero-order valence-corrected chi connectivity index (χ0v) is 17.9. The van der Waals surface area contributed by atoms with E-state index in [1.807, 2.05) is 59.1 Å². The van der Waals surface area contributed by atoms with Gasteiger partial charge in [-0.05, 0) is 42.8 Å². The van der Waals surface area contributed by atoms with E-state index in [-0.39, 0.29) is 30.7 Å². The van der Waals surface area contributed by atoms with Gasteiger partial charge in [-0.15, -0.1) is 0 Å². The van der Waals surface area contributed by atoms with Crippen LogP contribution in [0, 0.1) is 0 Å². The maximum absolute atomic E-state index is 13.3. The minimum Gasteiger partial charge on any atom is -0.306 e. The van der Waals surface area contributed by atoms with Crippen LogP contribution < -0.4 is 4.90 Å². The number of para-hydroxylation sites is 1. The summed E-state index contributed by atoms with van der Waals surface area (Å²) in [5.41, 5.74) is 3.34. The van der Waals surface area contributed by atoms with Crippen LogP contribution in [0.3, 0.4) is 0 Å². The molecule has 1 aliphatic rings. The Hall–Kier alpha value is -4.26. The first-order valence-corrected chi connectivity index (χ1v) is 10.8. The Morgan fingerprint density at radius 2 is 1.52 bits per heavy atom. The quantitative estimate of drug-likeness (QED) is 0.410. The molecule has 0 spiro atoms. The van der Waals surface area contributed by atoms with Crippen LogP contribution in [0.5, 0.6) is 0 Å². The van der Waals surface area contributed by atoms with Gasteiger partial charge in [-0.2, -0.15) is 0 Å². The lowest BCUT2D eigenvalue weighted by Gasteiger charge is -2.23. The van der Waals surface area contributed by atoms with Gasteiger partial charge in [0.05, 0.1) is 29.6 Å². The number of hydrogen-bond acceptors (Lipinski definition) is 4. The van der Waals surface area contributed by atoms with E-state index >= 15 is 0 Å². The number of imidazole rings is 1. The lowest BCUT2D eigenvalue weighted by Crippen LogP contribution is -2.34. The third-order valence-corrected chi connectivity index (χ3v) is 5.83. The largest absolute Gasteiger partial charge is 0.306 e. The molecule has 0 fully saturated rings. The van der Waals surface area contributed by atoms with Crippen LogP contribution in [0.1, 0.15) is 39.3 Å². The van der Waals surface area contributed by atoms with Crippen LogP contribution >= 0.6 is 0 Å². The predicted molar refractivity (Wildman–Crippen MR) is 124 cm³/mol. The molecule has 0 radical (unpaired) electrons. The first kappa shape index (κ1) is 20.6. The van der Waals surface area contributed by atoms with Gasteiger partial charge in [0.2, 0.25) is 5.91 Å². The van der Waals surface area contributed by atoms with Crippen LogP contribution in [0.4, 0.5) is 5.69 Å². The van der Waals surface area contributed by atoms with Crippen molar-refractivity contribution in [1.29, 1.82) is 0 Å². The van der Waals surface area contributed by atoms with Gasteiger partial charge in [-0.1, -0.05) is 36.4 Å². The molecule has 33 heavy (non-hydrogen) atoms. The molecule has 2 aromatic carbocycles. The fourth-order valence-corrected chi connectivity index (χ4v) is 4.16. The van der Waals surface area contributed by atoms with Gasteiger partial charge in [-0.25, -0.2) is 4.98 Å². The third-order valence-electron chi connectivity index (χ3n) is 5.83. The second-order valence-electron chi connectivity index (χ2n) is 7.90. The Bertz CT molecular complexity index is 1310. The second-order valence-corrected chi connectivity index (χ2v) is 7.90. The fraction of sp³-hybridized carbons (Fsp3) is 0.154. The van der Waals surface area contributed by atoms with Gasteiger partial charge in [0.25, 0.3) is 11.8 Å². The van der Waals surface area contributed by atoms with Crippen LogP contribution in [-0.2, 0) is 11.3 Å². The second kappa shape index (κ2) is 8.70. The van der Waals surface area contributed by atoms with Crippen molar-refractivity contribution in [3.63, 3.8) is 0 Å². The highest BCUT2D eigenvalue weighted by atomic mass is 16.2. The molecular formula is C26H22N4O3. The van der Waals surface area contributed by atoms with E-state index < -0.39 is 0 Å². The first-order chi connectivity index (χ1) is 16.1. The molecule has 0 unspecified atom stereocenters. The van der Waals surface area contributed by atoms with Crippen molar-refractivity contribution in [2.45, 2.75) is 19.4 Å². The minimum atomic E-state index is -0.298. The molecule has 0 bridgehead atoms. The summed E-state index contributed by atoms with van der Waals surface area (Å²) in [6.07, 6.45) is 4.30. The number of hydrogen-bond donors (Lipinski definition) is 0. The molecule has 0 aliphatic carbocycles.